The van der Waals surface area contributed by atoms with Crippen LogP contribution < -0.4 is 10.6 Å². The zero-order valence-corrected chi connectivity index (χ0v) is 13.2. The number of anilines is 2. The van der Waals surface area contributed by atoms with Gasteiger partial charge in [0.15, 0.2) is 0 Å². The van der Waals surface area contributed by atoms with Crippen LogP contribution in [0.15, 0.2) is 42.6 Å². The van der Waals surface area contributed by atoms with Crippen molar-refractivity contribution in [2.45, 2.75) is 11.8 Å². The maximum Gasteiger partial charge on any atom is 0.240 e. The first-order valence-corrected chi connectivity index (χ1v) is 8.00. The summed E-state index contributed by atoms with van der Waals surface area (Å²) in [5.74, 6) is -0.417. The minimum Gasteiger partial charge on any atom is -0.361 e. The Hall–Kier alpha value is -2.79. The molecule has 5 nitrogen and oxygen atoms in total. The van der Waals surface area contributed by atoms with Gasteiger partial charge in [-0.25, -0.2) is 0 Å². The Bertz CT molecular complexity index is 1060. The van der Waals surface area contributed by atoms with Crippen molar-refractivity contribution in [3.63, 3.8) is 0 Å². The maximum absolute atomic E-state index is 13.0. The van der Waals surface area contributed by atoms with E-state index in [1.807, 2.05) is 36.5 Å². The van der Waals surface area contributed by atoms with Gasteiger partial charge in [0.2, 0.25) is 11.8 Å². The molecule has 2 amide bonds. The van der Waals surface area contributed by atoms with E-state index < -0.39 is 5.41 Å². The van der Waals surface area contributed by atoms with Gasteiger partial charge in [-0.05, 0) is 23.8 Å². The lowest BCUT2D eigenvalue weighted by Crippen LogP contribution is -2.38. The van der Waals surface area contributed by atoms with E-state index in [2.05, 4.69) is 15.6 Å². The number of benzene rings is 2. The molecule has 3 heterocycles. The van der Waals surface area contributed by atoms with Gasteiger partial charge in [0.1, 0.15) is 5.41 Å². The Morgan fingerprint density at radius 2 is 1.83 bits per heavy atom. The van der Waals surface area contributed by atoms with Crippen molar-refractivity contribution >= 4 is 45.7 Å². The fraction of sp³-hybridized carbons (Fsp3) is 0.111. The average Bonchev–Trinajstić information content (AvgIpc) is 3.06. The molecule has 0 fully saturated rings. The Kier molecular flexibility index (Phi) is 2.49. The van der Waals surface area contributed by atoms with Crippen LogP contribution in [-0.2, 0) is 15.0 Å². The second-order valence-corrected chi connectivity index (χ2v) is 6.58. The molecule has 2 aliphatic heterocycles. The summed E-state index contributed by atoms with van der Waals surface area (Å²) in [6.07, 6.45) is 1.86. The lowest BCUT2D eigenvalue weighted by molar-refractivity contribution is -0.124. The molecule has 5 rings (SSSR count). The number of halogens is 1. The standard InChI is InChI=1S/C18H12ClN3O2/c19-11-4-1-3-9-16(11)22-17(24)18(9)7-14(23)21-13-6-2-5-12-15(13)10(18)8-20-12/h1-6,8,20H,7H2,(H,21,23)(H,22,24). The predicted molar refractivity (Wildman–Crippen MR) is 92.4 cm³/mol. The molecule has 0 radical (unpaired) electrons. The van der Waals surface area contributed by atoms with Gasteiger partial charge in [-0.15, -0.1) is 0 Å². The average molecular weight is 338 g/mol. The quantitative estimate of drug-likeness (QED) is 0.588. The molecule has 1 atom stereocenters. The number of hydrogen-bond donors (Lipinski definition) is 3. The van der Waals surface area contributed by atoms with E-state index in [4.69, 9.17) is 11.6 Å². The zero-order chi connectivity index (χ0) is 16.5. The highest BCUT2D eigenvalue weighted by atomic mass is 35.5. The van der Waals surface area contributed by atoms with E-state index in [9.17, 15) is 9.59 Å². The van der Waals surface area contributed by atoms with Crippen molar-refractivity contribution in [1.82, 2.24) is 4.98 Å². The zero-order valence-electron chi connectivity index (χ0n) is 12.4. The van der Waals surface area contributed by atoms with Crippen LogP contribution in [0, 0.1) is 0 Å². The van der Waals surface area contributed by atoms with Crippen molar-refractivity contribution in [3.05, 3.63) is 58.7 Å². The highest BCUT2D eigenvalue weighted by molar-refractivity contribution is 6.35. The van der Waals surface area contributed by atoms with Gasteiger partial charge in [0.05, 0.1) is 16.4 Å². The van der Waals surface area contributed by atoms with E-state index in [0.29, 0.717) is 16.4 Å². The van der Waals surface area contributed by atoms with Gasteiger partial charge >= 0.3 is 0 Å². The first-order chi connectivity index (χ1) is 11.6. The summed E-state index contributed by atoms with van der Waals surface area (Å²) in [7, 11) is 0. The van der Waals surface area contributed by atoms with Crippen molar-refractivity contribution in [3.8, 4) is 0 Å². The monoisotopic (exact) mass is 337 g/mol. The number of fused-ring (bicyclic) bond motifs is 3. The highest BCUT2D eigenvalue weighted by Crippen LogP contribution is 2.51. The first kappa shape index (κ1) is 13.6. The molecule has 3 aromatic rings. The number of aromatic amines is 1. The normalized spacial score (nSPS) is 21.5. The first-order valence-electron chi connectivity index (χ1n) is 7.62. The number of carbonyl (C=O) groups is 2. The summed E-state index contributed by atoms with van der Waals surface area (Å²) in [5.41, 5.74) is 2.65. The highest BCUT2D eigenvalue weighted by Gasteiger charge is 2.52. The Balaban J connectivity index is 1.93. The number of hydrogen-bond acceptors (Lipinski definition) is 2. The third kappa shape index (κ3) is 1.50. The maximum atomic E-state index is 13.0. The molecule has 0 saturated heterocycles. The Labute approximate surface area is 142 Å². The van der Waals surface area contributed by atoms with Gasteiger partial charge in [0, 0.05) is 29.1 Å². The summed E-state index contributed by atoms with van der Waals surface area (Å²) in [4.78, 5) is 28.8. The Morgan fingerprint density at radius 1 is 1.00 bits per heavy atom. The van der Waals surface area contributed by atoms with Crippen LogP contribution in [0.25, 0.3) is 10.9 Å². The van der Waals surface area contributed by atoms with Gasteiger partial charge in [-0.2, -0.15) is 0 Å². The van der Waals surface area contributed by atoms with Crippen molar-refractivity contribution < 1.29 is 9.59 Å². The molecule has 3 N–H and O–H groups in total. The fourth-order valence-corrected chi connectivity index (χ4v) is 4.17. The number of rotatable bonds is 0. The SMILES string of the molecule is O=C1CC2(C(=O)Nc3c(Cl)cccc32)c2c[nH]c3cccc(c23)N1. The number of H-pyrrole nitrogens is 1. The number of amides is 2. The minimum atomic E-state index is -1.07. The lowest BCUT2D eigenvalue weighted by atomic mass is 9.73. The smallest absolute Gasteiger partial charge is 0.240 e. The number of para-hydroxylation sites is 1. The molecule has 0 bridgehead atoms. The number of aromatic nitrogens is 1. The van der Waals surface area contributed by atoms with Gasteiger partial charge in [-0.1, -0.05) is 29.8 Å². The fourth-order valence-electron chi connectivity index (χ4n) is 3.95. The van der Waals surface area contributed by atoms with Crippen molar-refractivity contribution in [1.29, 1.82) is 0 Å². The van der Waals surface area contributed by atoms with E-state index in [0.717, 1.165) is 22.0 Å². The summed E-state index contributed by atoms with van der Waals surface area (Å²) < 4.78 is 0. The number of carbonyl (C=O) groups excluding carboxylic acids is 2. The molecule has 2 aromatic carbocycles. The summed E-state index contributed by atoms with van der Waals surface area (Å²) in [6.45, 7) is 0. The van der Waals surface area contributed by atoms with Crippen molar-refractivity contribution in [2.75, 3.05) is 10.6 Å². The van der Waals surface area contributed by atoms with Crippen molar-refractivity contribution in [2.24, 2.45) is 0 Å². The summed E-state index contributed by atoms with van der Waals surface area (Å²) >= 11 is 6.27. The molecule has 1 unspecified atom stereocenters. The minimum absolute atomic E-state index is 0.0355. The van der Waals surface area contributed by atoms with E-state index in [-0.39, 0.29) is 18.2 Å². The van der Waals surface area contributed by atoms with Crippen LogP contribution in [0.2, 0.25) is 5.02 Å². The largest absolute Gasteiger partial charge is 0.361 e. The molecule has 2 aliphatic rings. The van der Waals surface area contributed by atoms with Crippen LogP contribution in [0.1, 0.15) is 17.5 Å². The van der Waals surface area contributed by atoms with Crippen LogP contribution >= 0.6 is 11.6 Å². The summed E-state index contributed by atoms with van der Waals surface area (Å²) in [6, 6.07) is 11.1. The van der Waals surface area contributed by atoms with Gasteiger partial charge in [0.25, 0.3) is 0 Å². The third-order valence-corrected chi connectivity index (χ3v) is 5.28. The molecule has 6 heteroatoms. The Morgan fingerprint density at radius 3 is 2.71 bits per heavy atom. The molecule has 24 heavy (non-hydrogen) atoms. The van der Waals surface area contributed by atoms with Crippen LogP contribution in [0.4, 0.5) is 11.4 Å². The van der Waals surface area contributed by atoms with E-state index >= 15 is 0 Å². The van der Waals surface area contributed by atoms with Gasteiger partial charge < -0.3 is 15.6 Å². The predicted octanol–water partition coefficient (Wildman–Crippen LogP) is 3.40. The van der Waals surface area contributed by atoms with Gasteiger partial charge in [-0.3, -0.25) is 9.59 Å². The van der Waals surface area contributed by atoms with Crippen LogP contribution in [-0.4, -0.2) is 16.8 Å². The molecule has 118 valence electrons. The van der Waals surface area contributed by atoms with Crippen LogP contribution in [0.5, 0.6) is 0 Å². The molecular weight excluding hydrogens is 326 g/mol. The lowest BCUT2D eigenvalue weighted by Gasteiger charge is -2.25. The van der Waals surface area contributed by atoms with E-state index in [1.54, 1.807) is 6.07 Å². The second kappa shape index (κ2) is 4.39. The van der Waals surface area contributed by atoms with Crippen LogP contribution in [0.3, 0.4) is 0 Å². The topological polar surface area (TPSA) is 74.0 Å². The summed E-state index contributed by atoms with van der Waals surface area (Å²) in [5, 5.41) is 7.13. The molecular formula is C18H12ClN3O2. The third-order valence-electron chi connectivity index (χ3n) is 4.96. The molecule has 1 spiro atoms. The molecule has 0 aliphatic carbocycles. The molecule has 0 saturated carbocycles. The second-order valence-electron chi connectivity index (χ2n) is 6.18. The molecule has 1 aromatic heterocycles. The van der Waals surface area contributed by atoms with E-state index in [1.165, 1.54) is 0 Å². The number of nitrogens with one attached hydrogen (secondary N) is 3.